The number of benzene rings is 1. The molecule has 0 aliphatic heterocycles. The molecule has 0 fully saturated rings. The first-order valence-electron chi connectivity index (χ1n) is 5.33. The fourth-order valence-electron chi connectivity index (χ4n) is 1.73. The minimum Gasteiger partial charge on any atom is -0.258 e. The molecule has 15 heavy (non-hydrogen) atoms. The molecule has 0 N–H and O–H groups in total. The first-order chi connectivity index (χ1) is 7.06. The van der Waals surface area contributed by atoms with E-state index in [9.17, 15) is 10.1 Å². The maximum atomic E-state index is 10.7. The lowest BCUT2D eigenvalue weighted by Gasteiger charge is -2.11. The Kier molecular flexibility index (Phi) is 3.83. The van der Waals surface area contributed by atoms with Crippen molar-refractivity contribution in [3.05, 3.63) is 39.4 Å². The Morgan fingerprint density at radius 1 is 1.40 bits per heavy atom. The molecule has 0 radical (unpaired) electrons. The van der Waals surface area contributed by atoms with Crippen LogP contribution in [0.5, 0.6) is 0 Å². The molecule has 1 aromatic rings. The van der Waals surface area contributed by atoms with Crippen LogP contribution in [0.15, 0.2) is 18.2 Å². The van der Waals surface area contributed by atoms with Gasteiger partial charge in [-0.1, -0.05) is 33.3 Å². The summed E-state index contributed by atoms with van der Waals surface area (Å²) >= 11 is 0. The summed E-state index contributed by atoms with van der Waals surface area (Å²) < 4.78 is 0. The van der Waals surface area contributed by atoms with Crippen LogP contribution in [0.2, 0.25) is 0 Å². The number of non-ortho nitro benzene ring substituents is 1. The molecule has 0 atom stereocenters. The van der Waals surface area contributed by atoms with E-state index < -0.39 is 0 Å². The van der Waals surface area contributed by atoms with Crippen LogP contribution in [-0.4, -0.2) is 4.92 Å². The minimum atomic E-state index is -0.332. The van der Waals surface area contributed by atoms with Gasteiger partial charge in [-0.3, -0.25) is 10.1 Å². The Balaban J connectivity index is 3.14. The zero-order valence-electron chi connectivity index (χ0n) is 9.49. The fourth-order valence-corrected chi connectivity index (χ4v) is 1.73. The average molecular weight is 207 g/mol. The lowest BCUT2D eigenvalue weighted by molar-refractivity contribution is -0.384. The monoisotopic (exact) mass is 207 g/mol. The predicted octanol–water partition coefficient (Wildman–Crippen LogP) is 3.67. The molecule has 0 aromatic heterocycles. The van der Waals surface area contributed by atoms with Crippen molar-refractivity contribution in [3.63, 3.8) is 0 Å². The Bertz CT molecular complexity index is 359. The van der Waals surface area contributed by atoms with Crippen molar-refractivity contribution in [2.24, 2.45) is 0 Å². The second-order valence-electron chi connectivity index (χ2n) is 4.04. The molecule has 82 valence electrons. The van der Waals surface area contributed by atoms with Gasteiger partial charge in [0, 0.05) is 12.1 Å². The van der Waals surface area contributed by atoms with Gasteiger partial charge in [-0.25, -0.2) is 0 Å². The highest BCUT2D eigenvalue weighted by molar-refractivity contribution is 5.41. The van der Waals surface area contributed by atoms with Gasteiger partial charge in [-0.2, -0.15) is 0 Å². The van der Waals surface area contributed by atoms with Crippen molar-refractivity contribution in [2.45, 2.75) is 39.5 Å². The molecule has 0 unspecified atom stereocenters. The smallest absolute Gasteiger partial charge is 0.258 e. The largest absolute Gasteiger partial charge is 0.269 e. The lowest BCUT2D eigenvalue weighted by atomic mass is 9.94. The van der Waals surface area contributed by atoms with E-state index in [1.54, 1.807) is 12.1 Å². The van der Waals surface area contributed by atoms with Crippen molar-refractivity contribution in [2.75, 3.05) is 0 Å². The third kappa shape index (κ3) is 2.78. The van der Waals surface area contributed by atoms with Crippen LogP contribution in [0.4, 0.5) is 5.69 Å². The molecule has 0 saturated carbocycles. The third-order valence-corrected chi connectivity index (χ3v) is 2.48. The van der Waals surface area contributed by atoms with Gasteiger partial charge in [-0.15, -0.1) is 0 Å². The van der Waals surface area contributed by atoms with E-state index in [1.807, 2.05) is 6.07 Å². The normalized spacial score (nSPS) is 10.7. The summed E-state index contributed by atoms with van der Waals surface area (Å²) in [5.74, 6) is 0.339. The van der Waals surface area contributed by atoms with E-state index in [4.69, 9.17) is 0 Å². The molecule has 3 nitrogen and oxygen atoms in total. The molecule has 0 heterocycles. The number of hydrogen-bond donors (Lipinski definition) is 0. The molecule has 3 heteroatoms. The van der Waals surface area contributed by atoms with Crippen LogP contribution in [0.1, 0.15) is 44.2 Å². The standard InChI is InChI=1S/C12H17NO2/c1-4-5-10-6-7-11(13(14)15)8-12(10)9(2)3/h6-9H,4-5H2,1-3H3. The number of nitro benzene ring substituents is 1. The highest BCUT2D eigenvalue weighted by atomic mass is 16.6. The van der Waals surface area contributed by atoms with E-state index >= 15 is 0 Å². The highest BCUT2D eigenvalue weighted by Gasteiger charge is 2.12. The molecule has 0 aliphatic rings. The second kappa shape index (κ2) is 4.91. The fraction of sp³-hybridized carbons (Fsp3) is 0.500. The van der Waals surface area contributed by atoms with Crippen molar-refractivity contribution < 1.29 is 4.92 Å². The van der Waals surface area contributed by atoms with Gasteiger partial charge in [0.15, 0.2) is 0 Å². The van der Waals surface area contributed by atoms with Crippen molar-refractivity contribution in [1.29, 1.82) is 0 Å². The summed E-state index contributed by atoms with van der Waals surface area (Å²) in [5, 5.41) is 10.7. The summed E-state index contributed by atoms with van der Waals surface area (Å²) in [5.41, 5.74) is 2.53. The molecule has 1 aromatic carbocycles. The molecular weight excluding hydrogens is 190 g/mol. The Labute approximate surface area is 90.3 Å². The number of nitro groups is 1. The maximum absolute atomic E-state index is 10.7. The highest BCUT2D eigenvalue weighted by Crippen LogP contribution is 2.25. The zero-order valence-corrected chi connectivity index (χ0v) is 9.49. The quantitative estimate of drug-likeness (QED) is 0.558. The van der Waals surface area contributed by atoms with Gasteiger partial charge in [-0.05, 0) is 23.5 Å². The van der Waals surface area contributed by atoms with Crippen LogP contribution in [0.3, 0.4) is 0 Å². The van der Waals surface area contributed by atoms with Gasteiger partial charge < -0.3 is 0 Å². The van der Waals surface area contributed by atoms with Gasteiger partial charge >= 0.3 is 0 Å². The topological polar surface area (TPSA) is 43.1 Å². The number of hydrogen-bond acceptors (Lipinski definition) is 2. The van der Waals surface area contributed by atoms with Crippen LogP contribution in [0, 0.1) is 10.1 Å². The van der Waals surface area contributed by atoms with Gasteiger partial charge in [0.2, 0.25) is 0 Å². The van der Waals surface area contributed by atoms with Crippen molar-refractivity contribution in [1.82, 2.24) is 0 Å². The molecule has 0 amide bonds. The van der Waals surface area contributed by atoms with Crippen molar-refractivity contribution in [3.8, 4) is 0 Å². The Morgan fingerprint density at radius 3 is 2.53 bits per heavy atom. The summed E-state index contributed by atoms with van der Waals surface area (Å²) in [6, 6.07) is 5.18. The first kappa shape index (κ1) is 11.7. The molecule has 0 aliphatic carbocycles. The van der Waals surface area contributed by atoms with Crippen LogP contribution < -0.4 is 0 Å². The van der Waals surface area contributed by atoms with E-state index in [2.05, 4.69) is 20.8 Å². The number of aryl methyl sites for hydroxylation is 1. The number of nitrogens with zero attached hydrogens (tertiary/aromatic N) is 1. The summed E-state index contributed by atoms with van der Waals surface area (Å²) in [4.78, 5) is 10.3. The first-order valence-corrected chi connectivity index (χ1v) is 5.33. The predicted molar refractivity (Wildman–Crippen MR) is 61.2 cm³/mol. The van der Waals surface area contributed by atoms with Crippen LogP contribution in [0.25, 0.3) is 0 Å². The second-order valence-corrected chi connectivity index (χ2v) is 4.04. The summed E-state index contributed by atoms with van der Waals surface area (Å²) in [6.07, 6.45) is 2.06. The molecule has 1 rings (SSSR count). The molecule has 0 bridgehead atoms. The van der Waals surface area contributed by atoms with E-state index in [0.717, 1.165) is 18.4 Å². The Hall–Kier alpha value is -1.38. The maximum Gasteiger partial charge on any atom is 0.269 e. The molecule has 0 spiro atoms. The number of rotatable bonds is 4. The molecule has 0 saturated heterocycles. The lowest BCUT2D eigenvalue weighted by Crippen LogP contribution is -1.98. The summed E-state index contributed by atoms with van der Waals surface area (Å²) in [7, 11) is 0. The van der Waals surface area contributed by atoms with Gasteiger partial charge in [0.1, 0.15) is 0 Å². The van der Waals surface area contributed by atoms with Gasteiger partial charge in [0.25, 0.3) is 5.69 Å². The van der Waals surface area contributed by atoms with E-state index in [0.29, 0.717) is 5.92 Å². The van der Waals surface area contributed by atoms with E-state index in [-0.39, 0.29) is 10.6 Å². The van der Waals surface area contributed by atoms with Crippen LogP contribution in [-0.2, 0) is 6.42 Å². The average Bonchev–Trinajstić information content (AvgIpc) is 2.18. The SMILES string of the molecule is CCCc1ccc([N+](=O)[O-])cc1C(C)C. The zero-order chi connectivity index (χ0) is 11.4. The third-order valence-electron chi connectivity index (χ3n) is 2.48. The van der Waals surface area contributed by atoms with Crippen LogP contribution >= 0.6 is 0 Å². The molecular formula is C12H17NO2. The van der Waals surface area contributed by atoms with Crippen molar-refractivity contribution >= 4 is 5.69 Å². The van der Waals surface area contributed by atoms with E-state index in [1.165, 1.54) is 5.56 Å². The summed E-state index contributed by atoms with van der Waals surface area (Å²) in [6.45, 7) is 6.25. The van der Waals surface area contributed by atoms with Gasteiger partial charge in [0.05, 0.1) is 4.92 Å². The Morgan fingerprint density at radius 2 is 2.07 bits per heavy atom. The minimum absolute atomic E-state index is 0.193.